The molecule has 6 N–H and O–H groups in total. The molecule has 352 valence electrons. The highest BCUT2D eigenvalue weighted by atomic mass is 33.1. The number of benzene rings is 2. The highest BCUT2D eigenvalue weighted by Crippen LogP contribution is 2.67. The van der Waals surface area contributed by atoms with Crippen molar-refractivity contribution in [2.45, 2.75) is 105 Å². The van der Waals surface area contributed by atoms with Gasteiger partial charge in [-0.15, -0.1) is 0 Å². The van der Waals surface area contributed by atoms with Gasteiger partial charge in [0.15, 0.2) is 5.60 Å². The van der Waals surface area contributed by atoms with Crippen molar-refractivity contribution in [1.29, 1.82) is 0 Å². The lowest BCUT2D eigenvalue weighted by atomic mass is 9.47. The quantitative estimate of drug-likeness (QED) is 0.0496. The van der Waals surface area contributed by atoms with Crippen LogP contribution in [0.1, 0.15) is 75.3 Å². The molecule has 1 spiro atoms. The number of hydrazine groups is 1. The summed E-state index contributed by atoms with van der Waals surface area (Å²) in [4.78, 5) is 43.0. The number of aliphatic hydroxyl groups is 3. The smallest absolute Gasteiger partial charge is 0.426 e. The van der Waals surface area contributed by atoms with Gasteiger partial charge in [-0.1, -0.05) is 61.1 Å². The molecule has 6 aliphatic rings. The molecule has 5 aliphatic heterocycles. The van der Waals surface area contributed by atoms with Gasteiger partial charge < -0.3 is 34.7 Å². The molecule has 7 heterocycles. The highest BCUT2D eigenvalue weighted by Gasteiger charge is 2.78. The fourth-order valence-electron chi connectivity index (χ4n) is 13.8. The first kappa shape index (κ1) is 45.5. The molecular formula is C50H63N7O7S2. The van der Waals surface area contributed by atoms with Crippen molar-refractivity contribution in [3.8, 4) is 5.75 Å². The molecule has 16 heteroatoms. The van der Waals surface area contributed by atoms with Gasteiger partial charge in [-0.05, 0) is 104 Å². The van der Waals surface area contributed by atoms with E-state index < -0.39 is 51.6 Å². The molecule has 2 amide bonds. The van der Waals surface area contributed by atoms with E-state index in [9.17, 15) is 24.9 Å². The monoisotopic (exact) mass is 937 g/mol. The number of amides is 2. The Bertz CT molecular complexity index is 2550. The van der Waals surface area contributed by atoms with E-state index in [0.29, 0.717) is 56.8 Å². The molecule has 1 saturated carbocycles. The van der Waals surface area contributed by atoms with Crippen molar-refractivity contribution in [1.82, 2.24) is 30.6 Å². The zero-order chi connectivity index (χ0) is 46.2. The number of aromatic nitrogens is 2. The summed E-state index contributed by atoms with van der Waals surface area (Å²) in [5, 5.41) is 40.2. The first-order chi connectivity index (χ1) is 31.8. The summed E-state index contributed by atoms with van der Waals surface area (Å²) in [5.41, 5.74) is 5.52. The van der Waals surface area contributed by atoms with Gasteiger partial charge in [-0.3, -0.25) is 20.0 Å². The Morgan fingerprint density at radius 1 is 1.02 bits per heavy atom. The zero-order valence-corrected chi connectivity index (χ0v) is 40.1. The summed E-state index contributed by atoms with van der Waals surface area (Å²) in [6.07, 6.45) is 7.41. The number of piperidine rings is 1. The maximum Gasteiger partial charge on any atom is 0.426 e. The third kappa shape index (κ3) is 6.90. The number of aromatic amines is 1. The minimum absolute atomic E-state index is 0.0751. The first-order valence-electron chi connectivity index (χ1n) is 23.5. The molecule has 2 bridgehead atoms. The van der Waals surface area contributed by atoms with Gasteiger partial charge in [0.2, 0.25) is 0 Å². The number of nitrogens with one attached hydrogen (secondary N) is 3. The number of carbonyl (C=O) groups is 2. The largest absolute Gasteiger partial charge is 0.496 e. The maximum absolute atomic E-state index is 14.9. The summed E-state index contributed by atoms with van der Waals surface area (Å²) < 4.78 is 11.9. The predicted molar refractivity (Wildman–Crippen MR) is 258 cm³/mol. The fourth-order valence-corrected chi connectivity index (χ4v) is 15.5. The molecule has 3 fully saturated rings. The number of H-pyrrole nitrogens is 1. The van der Waals surface area contributed by atoms with Crippen LogP contribution in [-0.4, -0.2) is 136 Å². The second kappa shape index (κ2) is 17.0. The van der Waals surface area contributed by atoms with E-state index in [1.165, 1.54) is 32.5 Å². The maximum atomic E-state index is 14.9. The van der Waals surface area contributed by atoms with Crippen LogP contribution in [0.4, 0.5) is 10.5 Å². The standard InChI is InChI=1S/C50H63N7O7S2/c1-6-47(61)28-31-27-46(3,40-33(16-21-56(29-31)30-47)32-13-8-9-14-36(32)52-40)35-25-34-37(26-38(35)63-5)55(4)42-49(34)18-22-57-20-12-17-48(7-2,41(49)57)43(58)50(42,62)44(59)53-54-45(60)64-23-24-65-66-39-15-10-11-19-51-39/h8-15,17,19,25-26,31,41-43,52,58,61-62H,6-7,16,18,20-24,27-30H2,1-5H3,(H,53,59)(H,54,60)/t31?,41-,42+,43+,46+,47?,48+,49?,50?/m0/s1. The highest BCUT2D eigenvalue weighted by molar-refractivity contribution is 8.76. The van der Waals surface area contributed by atoms with Crippen LogP contribution in [0.15, 0.2) is 78.0 Å². The van der Waals surface area contributed by atoms with Crippen LogP contribution in [0.2, 0.25) is 0 Å². The molecule has 10 atom stereocenters. The number of para-hydroxylation sites is 1. The number of likely N-dealkylation sites (N-methyl/N-ethyl adjacent to an activating group) is 1. The van der Waals surface area contributed by atoms with Crippen molar-refractivity contribution >= 4 is 50.2 Å². The molecule has 1 aliphatic carbocycles. The number of rotatable bonds is 10. The van der Waals surface area contributed by atoms with E-state index in [2.05, 4.69) is 86.9 Å². The third-order valence-corrected chi connectivity index (χ3v) is 18.7. The van der Waals surface area contributed by atoms with Crippen molar-refractivity contribution in [3.63, 3.8) is 0 Å². The van der Waals surface area contributed by atoms with E-state index >= 15 is 0 Å². The van der Waals surface area contributed by atoms with Gasteiger partial charge in [0.25, 0.3) is 5.91 Å². The van der Waals surface area contributed by atoms with Gasteiger partial charge in [-0.2, -0.15) is 0 Å². The summed E-state index contributed by atoms with van der Waals surface area (Å²) in [7, 11) is 6.56. The molecule has 5 unspecified atom stereocenters. The second-order valence-corrected chi connectivity index (χ2v) is 22.3. The molecule has 4 aromatic rings. The summed E-state index contributed by atoms with van der Waals surface area (Å²) in [6, 6.07) is 17.4. The topological polar surface area (TPSA) is 176 Å². The lowest BCUT2D eigenvalue weighted by Crippen LogP contribution is -2.82. The van der Waals surface area contributed by atoms with Crippen molar-refractivity contribution in [2.24, 2.45) is 11.3 Å². The van der Waals surface area contributed by atoms with E-state index in [1.807, 2.05) is 43.1 Å². The van der Waals surface area contributed by atoms with Crippen LogP contribution in [0.5, 0.6) is 5.75 Å². The zero-order valence-electron chi connectivity index (χ0n) is 38.5. The van der Waals surface area contributed by atoms with Crippen LogP contribution >= 0.6 is 21.6 Å². The van der Waals surface area contributed by atoms with Gasteiger partial charge in [0, 0.05) is 101 Å². The number of ether oxygens (including phenoxy) is 2. The normalized spacial score (nSPS) is 34.3. The number of anilines is 1. The average molecular weight is 938 g/mol. The van der Waals surface area contributed by atoms with E-state index in [1.54, 1.807) is 13.3 Å². The minimum atomic E-state index is -2.41. The molecular weight excluding hydrogens is 875 g/mol. The third-order valence-electron chi connectivity index (χ3n) is 16.5. The van der Waals surface area contributed by atoms with Gasteiger partial charge in [0.1, 0.15) is 23.5 Å². The number of hydrogen-bond acceptors (Lipinski definition) is 13. The number of hydrogen-bond donors (Lipinski definition) is 6. The Labute approximate surface area is 394 Å². The Morgan fingerprint density at radius 3 is 2.61 bits per heavy atom. The summed E-state index contributed by atoms with van der Waals surface area (Å²) >= 11 is 0. The Hall–Kier alpha value is -4.29. The van der Waals surface area contributed by atoms with Crippen LogP contribution in [0, 0.1) is 11.3 Å². The molecule has 2 aromatic heterocycles. The van der Waals surface area contributed by atoms with Crippen molar-refractivity contribution in [3.05, 3.63) is 95.3 Å². The van der Waals surface area contributed by atoms with Crippen LogP contribution in [0.25, 0.3) is 10.9 Å². The van der Waals surface area contributed by atoms with Gasteiger partial charge >= 0.3 is 6.09 Å². The lowest BCUT2D eigenvalue weighted by Gasteiger charge is -2.63. The number of pyridine rings is 1. The lowest BCUT2D eigenvalue weighted by molar-refractivity contribution is -0.204. The molecule has 66 heavy (non-hydrogen) atoms. The fraction of sp³-hybridized carbons (Fsp3) is 0.540. The van der Waals surface area contributed by atoms with Crippen LogP contribution in [-0.2, 0) is 26.8 Å². The number of methoxy groups -OCH3 is 1. The number of aliphatic hydroxyl groups excluding tert-OH is 1. The van der Waals surface area contributed by atoms with E-state index in [-0.39, 0.29) is 18.6 Å². The molecule has 0 radical (unpaired) electrons. The average Bonchev–Trinajstić information content (AvgIpc) is 3.99. The molecule has 14 nitrogen and oxygen atoms in total. The van der Waals surface area contributed by atoms with Crippen LogP contribution in [0.3, 0.4) is 0 Å². The van der Waals surface area contributed by atoms with Gasteiger partial charge in [-0.25, -0.2) is 15.2 Å². The van der Waals surface area contributed by atoms with Crippen molar-refractivity contribution in [2.75, 3.05) is 64.1 Å². The van der Waals surface area contributed by atoms with E-state index in [4.69, 9.17) is 9.47 Å². The SMILES string of the molecule is CCC1(O)CC2CN(CCc3c([nH]c4ccccc34)[C@@](C)(c3cc4c(cc3OC)N(C)[C@H]3C(O)(C(=O)NNC(=O)OCCSSc5ccccn5)[C@H](O)[C@]5(CC)C=CCN6CCC43[C@@H]65)C2)C1. The Kier molecular flexibility index (Phi) is 11.7. The molecule has 10 rings (SSSR count). The predicted octanol–water partition coefficient (Wildman–Crippen LogP) is 5.69. The van der Waals surface area contributed by atoms with Crippen molar-refractivity contribution < 1.29 is 34.4 Å². The second-order valence-electron chi connectivity index (χ2n) is 19.8. The Balaban J connectivity index is 1.05. The number of nitrogens with zero attached hydrogens (tertiary/aromatic N) is 4. The molecule has 2 aromatic carbocycles. The molecule has 2 saturated heterocycles. The first-order valence-corrected chi connectivity index (χ1v) is 25.8. The Morgan fingerprint density at radius 2 is 1.83 bits per heavy atom. The summed E-state index contributed by atoms with van der Waals surface area (Å²) in [6.45, 7) is 10.3. The van der Waals surface area contributed by atoms with E-state index in [0.717, 1.165) is 59.0 Å². The van der Waals surface area contributed by atoms with Crippen LogP contribution < -0.4 is 20.5 Å². The van der Waals surface area contributed by atoms with Gasteiger partial charge in [0.05, 0.1) is 18.8 Å². The number of carbonyl (C=O) groups excluding carboxylic acids is 2. The number of fused-ring (bicyclic) bond motifs is 6. The summed E-state index contributed by atoms with van der Waals surface area (Å²) in [5.74, 6) is 0.435. The minimum Gasteiger partial charge on any atom is -0.496 e.